The molecule has 2 N–H and O–H groups in total. The van der Waals surface area contributed by atoms with Crippen LogP contribution in [0.15, 0.2) is 12.2 Å². The Kier molecular flexibility index (Phi) is 5.04. The molecule has 0 saturated carbocycles. The van der Waals surface area contributed by atoms with Crippen LogP contribution in [0.2, 0.25) is 0 Å². The normalized spacial score (nSPS) is 29.0. The number of carboxylic acids is 1. The van der Waals surface area contributed by atoms with E-state index in [0.717, 1.165) is 25.9 Å². The Morgan fingerprint density at radius 2 is 1.81 bits per heavy atom. The molecule has 0 aromatic rings. The number of allylic oxidation sites excluding steroid dienone is 2. The number of aliphatic carboxylic acids is 1. The van der Waals surface area contributed by atoms with E-state index in [1.807, 2.05) is 12.2 Å². The second-order valence-corrected chi connectivity index (χ2v) is 6.83. The number of hydrogen-bond donors (Lipinski definition) is 2. The fourth-order valence-corrected chi connectivity index (χ4v) is 3.14. The second kappa shape index (κ2) is 6.60. The van der Waals surface area contributed by atoms with Crippen LogP contribution >= 0.6 is 0 Å². The van der Waals surface area contributed by atoms with Gasteiger partial charge in [0.1, 0.15) is 0 Å². The third-order valence-electron chi connectivity index (χ3n) is 4.97. The largest absolute Gasteiger partial charge is 0.481 e. The number of rotatable bonds is 4. The number of carbonyl (C=O) groups is 2. The molecule has 2 aliphatic rings. The first-order valence-corrected chi connectivity index (χ1v) is 7.75. The first kappa shape index (κ1) is 16.0. The SMILES string of the molecule is CN1CCC(C)(CNC(=O)C2CC=CCC2C(=O)O)CC1. The lowest BCUT2D eigenvalue weighted by molar-refractivity contribution is -0.147. The Labute approximate surface area is 126 Å². The van der Waals surface area contributed by atoms with Crippen LogP contribution < -0.4 is 5.32 Å². The van der Waals surface area contributed by atoms with Crippen molar-refractivity contribution < 1.29 is 14.7 Å². The van der Waals surface area contributed by atoms with E-state index in [2.05, 4.69) is 24.2 Å². The van der Waals surface area contributed by atoms with Gasteiger partial charge in [-0.15, -0.1) is 0 Å². The number of carbonyl (C=O) groups excluding carboxylic acids is 1. The van der Waals surface area contributed by atoms with Gasteiger partial charge in [-0.05, 0) is 51.2 Å². The van der Waals surface area contributed by atoms with Crippen LogP contribution in [0.5, 0.6) is 0 Å². The number of amides is 1. The predicted molar refractivity (Wildman–Crippen MR) is 80.8 cm³/mol. The van der Waals surface area contributed by atoms with Crippen molar-refractivity contribution in [1.82, 2.24) is 10.2 Å². The predicted octanol–water partition coefficient (Wildman–Crippen LogP) is 1.50. The van der Waals surface area contributed by atoms with Gasteiger partial charge in [0.2, 0.25) is 5.91 Å². The van der Waals surface area contributed by atoms with Gasteiger partial charge in [-0.3, -0.25) is 9.59 Å². The summed E-state index contributed by atoms with van der Waals surface area (Å²) in [5.74, 6) is -1.99. The maximum atomic E-state index is 12.3. The summed E-state index contributed by atoms with van der Waals surface area (Å²) in [4.78, 5) is 25.9. The third-order valence-corrected chi connectivity index (χ3v) is 4.97. The molecule has 1 heterocycles. The van der Waals surface area contributed by atoms with Crippen LogP contribution in [0.3, 0.4) is 0 Å². The van der Waals surface area contributed by atoms with Gasteiger partial charge in [0.05, 0.1) is 11.8 Å². The van der Waals surface area contributed by atoms with E-state index >= 15 is 0 Å². The molecule has 1 saturated heterocycles. The smallest absolute Gasteiger partial charge is 0.307 e. The van der Waals surface area contributed by atoms with E-state index in [9.17, 15) is 14.7 Å². The van der Waals surface area contributed by atoms with E-state index in [4.69, 9.17) is 0 Å². The maximum Gasteiger partial charge on any atom is 0.307 e. The van der Waals surface area contributed by atoms with Gasteiger partial charge in [-0.2, -0.15) is 0 Å². The molecule has 1 aliphatic carbocycles. The van der Waals surface area contributed by atoms with Gasteiger partial charge in [-0.1, -0.05) is 19.1 Å². The van der Waals surface area contributed by atoms with Crippen molar-refractivity contribution in [3.05, 3.63) is 12.2 Å². The van der Waals surface area contributed by atoms with Gasteiger partial charge >= 0.3 is 5.97 Å². The minimum atomic E-state index is -0.870. The summed E-state index contributed by atoms with van der Waals surface area (Å²) in [6, 6.07) is 0. The Balaban J connectivity index is 1.89. The molecule has 2 atom stereocenters. The van der Waals surface area contributed by atoms with Crippen molar-refractivity contribution in [3.63, 3.8) is 0 Å². The number of nitrogens with one attached hydrogen (secondary N) is 1. The van der Waals surface area contributed by atoms with Crippen LogP contribution in [0.25, 0.3) is 0 Å². The number of piperidine rings is 1. The summed E-state index contributed by atoms with van der Waals surface area (Å²) in [7, 11) is 2.12. The Bertz CT molecular complexity index is 425. The monoisotopic (exact) mass is 294 g/mol. The first-order valence-electron chi connectivity index (χ1n) is 7.75. The Hall–Kier alpha value is -1.36. The van der Waals surface area contributed by atoms with Crippen molar-refractivity contribution in [2.45, 2.75) is 32.6 Å². The fourth-order valence-electron chi connectivity index (χ4n) is 3.14. The van der Waals surface area contributed by atoms with Crippen LogP contribution in [0.4, 0.5) is 0 Å². The van der Waals surface area contributed by atoms with Crippen LogP contribution in [0, 0.1) is 17.3 Å². The fraction of sp³-hybridized carbons (Fsp3) is 0.750. The molecule has 1 aliphatic heterocycles. The number of carboxylic acid groups (broad SMARTS) is 1. The maximum absolute atomic E-state index is 12.3. The lowest BCUT2D eigenvalue weighted by Crippen LogP contribution is -2.46. The molecule has 5 heteroatoms. The third kappa shape index (κ3) is 4.06. The highest BCUT2D eigenvalue weighted by atomic mass is 16.4. The minimum absolute atomic E-state index is 0.105. The molecule has 0 radical (unpaired) electrons. The van der Waals surface area contributed by atoms with Crippen LogP contribution in [-0.4, -0.2) is 48.6 Å². The van der Waals surface area contributed by atoms with Gasteiger partial charge in [0.15, 0.2) is 0 Å². The van der Waals surface area contributed by atoms with E-state index < -0.39 is 17.8 Å². The van der Waals surface area contributed by atoms with Crippen molar-refractivity contribution in [2.24, 2.45) is 17.3 Å². The lowest BCUT2D eigenvalue weighted by Gasteiger charge is -2.38. The molecule has 21 heavy (non-hydrogen) atoms. The van der Waals surface area contributed by atoms with Crippen LogP contribution in [0.1, 0.15) is 32.6 Å². The molecule has 0 aromatic carbocycles. The molecule has 0 aromatic heterocycles. The number of hydrogen-bond acceptors (Lipinski definition) is 3. The van der Waals surface area contributed by atoms with Crippen LogP contribution in [-0.2, 0) is 9.59 Å². The summed E-state index contributed by atoms with van der Waals surface area (Å²) < 4.78 is 0. The van der Waals surface area contributed by atoms with E-state index in [1.54, 1.807) is 0 Å². The second-order valence-electron chi connectivity index (χ2n) is 6.83. The molecule has 2 unspecified atom stereocenters. The molecule has 5 nitrogen and oxygen atoms in total. The molecule has 118 valence electrons. The average Bonchev–Trinajstić information content (AvgIpc) is 2.48. The van der Waals surface area contributed by atoms with Gasteiger partial charge in [0.25, 0.3) is 0 Å². The molecule has 2 rings (SSSR count). The molecule has 0 spiro atoms. The highest BCUT2D eigenvalue weighted by molar-refractivity contribution is 5.85. The summed E-state index contributed by atoms with van der Waals surface area (Å²) in [5.41, 5.74) is 0.130. The topological polar surface area (TPSA) is 69.6 Å². The number of likely N-dealkylation sites (tertiary alicyclic amines) is 1. The molecule has 0 bridgehead atoms. The highest BCUT2D eigenvalue weighted by Crippen LogP contribution is 2.30. The zero-order valence-corrected chi connectivity index (χ0v) is 13.0. The summed E-state index contributed by atoms with van der Waals surface area (Å²) in [6.07, 6.45) is 6.90. The Morgan fingerprint density at radius 3 is 2.38 bits per heavy atom. The van der Waals surface area contributed by atoms with Crippen molar-refractivity contribution >= 4 is 11.9 Å². The lowest BCUT2D eigenvalue weighted by atomic mass is 9.79. The highest BCUT2D eigenvalue weighted by Gasteiger charge is 2.35. The zero-order chi connectivity index (χ0) is 15.5. The quantitative estimate of drug-likeness (QED) is 0.771. The zero-order valence-electron chi connectivity index (χ0n) is 13.0. The summed E-state index contributed by atoms with van der Waals surface area (Å²) in [6.45, 7) is 4.95. The van der Waals surface area contributed by atoms with E-state index in [1.165, 1.54) is 0 Å². The number of nitrogens with zero attached hydrogens (tertiary/aromatic N) is 1. The van der Waals surface area contributed by atoms with Crippen molar-refractivity contribution in [1.29, 1.82) is 0 Å². The molecular formula is C16H26N2O3. The van der Waals surface area contributed by atoms with E-state index in [0.29, 0.717) is 19.4 Å². The van der Waals surface area contributed by atoms with Gasteiger partial charge in [0, 0.05) is 6.54 Å². The van der Waals surface area contributed by atoms with Gasteiger partial charge < -0.3 is 15.3 Å². The standard InChI is InChI=1S/C16H26N2O3/c1-16(7-9-18(2)10-8-16)11-17-14(19)12-5-3-4-6-13(12)15(20)21/h3-4,12-13H,5-11H2,1-2H3,(H,17,19)(H,20,21). The van der Waals surface area contributed by atoms with Crippen molar-refractivity contribution in [2.75, 3.05) is 26.7 Å². The van der Waals surface area contributed by atoms with E-state index in [-0.39, 0.29) is 11.3 Å². The van der Waals surface area contributed by atoms with Gasteiger partial charge in [-0.25, -0.2) is 0 Å². The molecule has 1 amide bonds. The molecule has 1 fully saturated rings. The average molecular weight is 294 g/mol. The molecular weight excluding hydrogens is 268 g/mol. The first-order chi connectivity index (χ1) is 9.91. The van der Waals surface area contributed by atoms with Crippen molar-refractivity contribution in [3.8, 4) is 0 Å². The summed E-state index contributed by atoms with van der Waals surface area (Å²) >= 11 is 0. The Morgan fingerprint density at radius 1 is 1.24 bits per heavy atom. The summed E-state index contributed by atoms with van der Waals surface area (Å²) in [5, 5.41) is 12.2. The minimum Gasteiger partial charge on any atom is -0.481 e.